The first kappa shape index (κ1) is 10.9. The van der Waals surface area contributed by atoms with Crippen LogP contribution < -0.4 is 14.8 Å². The Balaban J connectivity index is 2.73. The normalized spacial score (nSPS) is 13.4. The number of hydrogen-bond donors (Lipinski definition) is 1. The average molecular weight is 286 g/mol. The zero-order valence-corrected chi connectivity index (χ0v) is 10.2. The summed E-state index contributed by atoms with van der Waals surface area (Å²) in [6.07, 6.45) is 0. The highest BCUT2D eigenvalue weighted by Gasteiger charge is 2.34. The monoisotopic (exact) mass is 285 g/mol. The van der Waals surface area contributed by atoms with Gasteiger partial charge in [-0.05, 0) is 15.9 Å². The number of nitrogens with one attached hydrogen (secondary N) is 1. The second-order valence-corrected chi connectivity index (χ2v) is 3.92. The molecule has 1 aromatic rings. The molecule has 1 aliphatic rings. The Kier molecular flexibility index (Phi) is 2.59. The first-order valence-electron chi connectivity index (χ1n) is 4.40. The van der Waals surface area contributed by atoms with Gasteiger partial charge in [0.05, 0.1) is 25.5 Å². The summed E-state index contributed by atoms with van der Waals surface area (Å²) in [5, 5.41) is 2.45. The number of ether oxygens (including phenoxy) is 2. The van der Waals surface area contributed by atoms with Crippen LogP contribution in [0.15, 0.2) is 10.5 Å². The molecule has 0 unspecified atom stereocenters. The maximum absolute atomic E-state index is 11.6. The maximum Gasteiger partial charge on any atom is 0.297 e. The van der Waals surface area contributed by atoms with Gasteiger partial charge in [0.15, 0.2) is 0 Å². The van der Waals surface area contributed by atoms with Crippen molar-refractivity contribution < 1.29 is 19.1 Å². The number of carbonyl (C=O) groups excluding carboxylic acids is 2. The molecule has 0 spiro atoms. The first-order valence-corrected chi connectivity index (χ1v) is 5.19. The van der Waals surface area contributed by atoms with E-state index in [1.807, 2.05) is 0 Å². The highest BCUT2D eigenvalue weighted by atomic mass is 79.9. The molecule has 6 heteroatoms. The largest absolute Gasteiger partial charge is 0.495 e. The van der Waals surface area contributed by atoms with Crippen LogP contribution in [-0.2, 0) is 4.79 Å². The van der Waals surface area contributed by atoms with Crippen molar-refractivity contribution in [1.29, 1.82) is 0 Å². The standard InChI is InChI=1S/C10H8BrNO4/c1-15-5-3-4-6(8(13)10(14)12-4)9(16-2)7(5)11/h3H,1-2H3,(H,12,13,14). The van der Waals surface area contributed by atoms with E-state index in [-0.39, 0.29) is 5.56 Å². The quantitative estimate of drug-likeness (QED) is 0.839. The molecule has 84 valence electrons. The maximum atomic E-state index is 11.6. The van der Waals surface area contributed by atoms with Gasteiger partial charge in [-0.3, -0.25) is 9.59 Å². The molecule has 0 aliphatic carbocycles. The van der Waals surface area contributed by atoms with Crippen LogP contribution in [0, 0.1) is 0 Å². The second-order valence-electron chi connectivity index (χ2n) is 3.13. The molecule has 1 amide bonds. The van der Waals surface area contributed by atoms with Gasteiger partial charge < -0.3 is 14.8 Å². The number of ketones is 1. The van der Waals surface area contributed by atoms with Gasteiger partial charge in [0.1, 0.15) is 16.0 Å². The van der Waals surface area contributed by atoms with Crippen LogP contribution in [0.3, 0.4) is 0 Å². The Morgan fingerprint density at radius 3 is 2.50 bits per heavy atom. The number of methoxy groups -OCH3 is 2. The van der Waals surface area contributed by atoms with Crippen molar-refractivity contribution in [2.75, 3.05) is 19.5 Å². The van der Waals surface area contributed by atoms with Gasteiger partial charge in [0.2, 0.25) is 0 Å². The molecule has 1 aromatic carbocycles. The Morgan fingerprint density at radius 2 is 1.94 bits per heavy atom. The lowest BCUT2D eigenvalue weighted by Gasteiger charge is -2.11. The number of carbonyl (C=O) groups is 2. The zero-order chi connectivity index (χ0) is 11.9. The second kappa shape index (κ2) is 3.79. The fraction of sp³-hybridized carbons (Fsp3) is 0.200. The lowest BCUT2D eigenvalue weighted by molar-refractivity contribution is -0.112. The fourth-order valence-corrected chi connectivity index (χ4v) is 2.20. The minimum atomic E-state index is -0.659. The fourth-order valence-electron chi connectivity index (χ4n) is 1.57. The molecule has 16 heavy (non-hydrogen) atoms. The van der Waals surface area contributed by atoms with E-state index in [0.717, 1.165) is 0 Å². The summed E-state index contributed by atoms with van der Waals surface area (Å²) in [7, 11) is 2.92. The molecule has 1 N–H and O–H groups in total. The molecule has 2 rings (SSSR count). The lowest BCUT2D eigenvalue weighted by atomic mass is 10.1. The summed E-state index contributed by atoms with van der Waals surface area (Å²) in [4.78, 5) is 22.8. The van der Waals surface area contributed by atoms with E-state index < -0.39 is 11.7 Å². The first-order chi connectivity index (χ1) is 7.60. The van der Waals surface area contributed by atoms with Crippen LogP contribution in [0.1, 0.15) is 10.4 Å². The Labute approximate surface area is 99.9 Å². The molecule has 0 fully saturated rings. The Bertz CT molecular complexity index is 498. The number of hydrogen-bond acceptors (Lipinski definition) is 4. The number of amides is 1. The molecule has 0 saturated heterocycles. The predicted octanol–water partition coefficient (Wildman–Crippen LogP) is 1.60. The van der Waals surface area contributed by atoms with Crippen LogP contribution in [0.5, 0.6) is 11.5 Å². The number of Topliss-reactive ketones (excluding diaryl/α,β-unsaturated/α-hetero) is 1. The molecular formula is C10H8BrNO4. The van der Waals surface area contributed by atoms with Gasteiger partial charge in [0, 0.05) is 6.07 Å². The van der Waals surface area contributed by atoms with E-state index in [1.54, 1.807) is 6.07 Å². The number of anilines is 1. The van der Waals surface area contributed by atoms with E-state index in [1.165, 1.54) is 14.2 Å². The predicted molar refractivity (Wildman–Crippen MR) is 60.2 cm³/mol. The van der Waals surface area contributed by atoms with Crippen molar-refractivity contribution in [2.24, 2.45) is 0 Å². The van der Waals surface area contributed by atoms with Crippen LogP contribution in [0.25, 0.3) is 0 Å². The summed E-state index contributed by atoms with van der Waals surface area (Å²) < 4.78 is 10.7. The van der Waals surface area contributed by atoms with Crippen LogP contribution in [-0.4, -0.2) is 25.9 Å². The summed E-state index contributed by atoms with van der Waals surface area (Å²) in [6.45, 7) is 0. The van der Waals surface area contributed by atoms with Gasteiger partial charge in [-0.2, -0.15) is 0 Å². The summed E-state index contributed by atoms with van der Waals surface area (Å²) in [5.74, 6) is -0.466. The smallest absolute Gasteiger partial charge is 0.297 e. The van der Waals surface area contributed by atoms with Crippen molar-refractivity contribution in [3.05, 3.63) is 16.1 Å². The third kappa shape index (κ3) is 1.37. The third-order valence-electron chi connectivity index (χ3n) is 2.29. The van der Waals surface area contributed by atoms with Crippen molar-refractivity contribution >= 4 is 33.3 Å². The van der Waals surface area contributed by atoms with Crippen molar-refractivity contribution in [3.63, 3.8) is 0 Å². The Morgan fingerprint density at radius 1 is 1.25 bits per heavy atom. The molecular weight excluding hydrogens is 278 g/mol. The van der Waals surface area contributed by atoms with E-state index in [4.69, 9.17) is 9.47 Å². The summed E-state index contributed by atoms with van der Waals surface area (Å²) in [6, 6.07) is 1.57. The molecule has 5 nitrogen and oxygen atoms in total. The van der Waals surface area contributed by atoms with Gasteiger partial charge in [-0.15, -0.1) is 0 Å². The molecule has 0 bridgehead atoms. The summed E-state index contributed by atoms with van der Waals surface area (Å²) >= 11 is 3.26. The van der Waals surface area contributed by atoms with Gasteiger partial charge in [-0.25, -0.2) is 0 Å². The van der Waals surface area contributed by atoms with Crippen LogP contribution >= 0.6 is 15.9 Å². The van der Waals surface area contributed by atoms with Crippen molar-refractivity contribution in [2.45, 2.75) is 0 Å². The van der Waals surface area contributed by atoms with Crippen LogP contribution in [0.4, 0.5) is 5.69 Å². The molecule has 1 heterocycles. The average Bonchev–Trinajstić information content (AvgIpc) is 2.55. The van der Waals surface area contributed by atoms with Gasteiger partial charge >= 0.3 is 0 Å². The van der Waals surface area contributed by atoms with Crippen molar-refractivity contribution in [1.82, 2.24) is 0 Å². The van der Waals surface area contributed by atoms with E-state index in [9.17, 15) is 9.59 Å². The zero-order valence-electron chi connectivity index (χ0n) is 8.59. The topological polar surface area (TPSA) is 64.6 Å². The molecule has 0 radical (unpaired) electrons. The molecule has 1 aliphatic heterocycles. The van der Waals surface area contributed by atoms with Gasteiger partial charge in [0.25, 0.3) is 11.7 Å². The molecule has 0 aromatic heterocycles. The number of halogens is 1. The SMILES string of the molecule is COc1cc2c(c(OC)c1Br)C(=O)C(=O)N2. The van der Waals surface area contributed by atoms with Crippen LogP contribution in [0.2, 0.25) is 0 Å². The van der Waals surface area contributed by atoms with Gasteiger partial charge in [-0.1, -0.05) is 0 Å². The van der Waals surface area contributed by atoms with E-state index in [0.29, 0.717) is 21.7 Å². The third-order valence-corrected chi connectivity index (χ3v) is 3.04. The number of rotatable bonds is 2. The highest BCUT2D eigenvalue weighted by Crippen LogP contribution is 2.43. The molecule has 0 atom stereocenters. The minimum absolute atomic E-state index is 0.236. The van der Waals surface area contributed by atoms with E-state index >= 15 is 0 Å². The summed E-state index contributed by atoms with van der Waals surface area (Å²) in [5.41, 5.74) is 0.645. The van der Waals surface area contributed by atoms with Crippen molar-refractivity contribution in [3.8, 4) is 11.5 Å². The number of benzene rings is 1. The Hall–Kier alpha value is -1.56. The highest BCUT2D eigenvalue weighted by molar-refractivity contribution is 9.10. The lowest BCUT2D eigenvalue weighted by Crippen LogP contribution is -2.12. The van der Waals surface area contributed by atoms with E-state index in [2.05, 4.69) is 21.2 Å². The molecule has 0 saturated carbocycles. The minimum Gasteiger partial charge on any atom is -0.495 e. The number of fused-ring (bicyclic) bond motifs is 1.